The minimum atomic E-state index is -1.88. The minimum Gasteiger partial charge on any atom is -0.491 e. The van der Waals surface area contributed by atoms with Crippen LogP contribution in [0.3, 0.4) is 0 Å². The normalized spacial score (nSPS) is 12.2. The summed E-state index contributed by atoms with van der Waals surface area (Å²) >= 11 is 5.06. The van der Waals surface area contributed by atoms with Crippen LogP contribution in [0.1, 0.15) is 21.5 Å². The number of thiocarbonyl (C=S) groups is 1. The monoisotopic (exact) mass is 434 g/mol. The van der Waals surface area contributed by atoms with Crippen LogP contribution in [-0.4, -0.2) is 18.1 Å². The summed E-state index contributed by atoms with van der Waals surface area (Å²) in [7, 11) is 0.844. The van der Waals surface area contributed by atoms with Gasteiger partial charge in [-0.25, -0.2) is 8.78 Å². The SMILES string of the molecule is COc1c(F)c(F)c(C(=O)NC(=S)Nc2ccc3c4c(cccc24)CC3)c(F)c1F. The second-order valence-corrected chi connectivity index (χ2v) is 7.09. The Hall–Kier alpha value is -3.20. The van der Waals surface area contributed by atoms with Crippen molar-refractivity contribution in [1.82, 2.24) is 5.32 Å². The number of hydrogen-bond donors (Lipinski definition) is 2. The van der Waals surface area contributed by atoms with Gasteiger partial charge in [0.15, 0.2) is 22.5 Å². The molecule has 9 heteroatoms. The maximum Gasteiger partial charge on any atom is 0.263 e. The van der Waals surface area contributed by atoms with Gasteiger partial charge in [-0.05, 0) is 47.6 Å². The lowest BCUT2D eigenvalue weighted by atomic mass is 10.0. The number of amides is 1. The first-order valence-corrected chi connectivity index (χ1v) is 9.30. The van der Waals surface area contributed by atoms with E-state index in [0.29, 0.717) is 5.69 Å². The average molecular weight is 434 g/mol. The van der Waals surface area contributed by atoms with Gasteiger partial charge in [-0.1, -0.05) is 24.3 Å². The topological polar surface area (TPSA) is 50.4 Å². The summed E-state index contributed by atoms with van der Waals surface area (Å²) in [4.78, 5) is 12.3. The van der Waals surface area contributed by atoms with Gasteiger partial charge >= 0.3 is 0 Å². The van der Waals surface area contributed by atoms with Gasteiger partial charge in [0.1, 0.15) is 5.56 Å². The molecule has 2 N–H and O–H groups in total. The number of rotatable bonds is 3. The molecule has 1 amide bonds. The van der Waals surface area contributed by atoms with Crippen molar-refractivity contribution >= 4 is 39.7 Å². The standard InChI is InChI=1S/C21H14F4N2O2S/c1-29-19-17(24)15(22)14(16(23)18(19)25)20(28)27-21(30)26-12-8-7-10-6-5-9-3-2-4-11(12)13(9)10/h2-4,7-8H,5-6H2,1H3,(H2,26,27,28,30). The molecule has 30 heavy (non-hydrogen) atoms. The van der Waals surface area contributed by atoms with E-state index < -0.39 is 40.5 Å². The molecular formula is C21H14F4N2O2S. The zero-order valence-electron chi connectivity index (χ0n) is 15.5. The van der Waals surface area contributed by atoms with Crippen LogP contribution < -0.4 is 15.4 Å². The highest BCUT2D eigenvalue weighted by Gasteiger charge is 2.30. The van der Waals surface area contributed by atoms with Crippen molar-refractivity contribution in [3.8, 4) is 5.75 Å². The van der Waals surface area contributed by atoms with Crippen LogP contribution in [0.2, 0.25) is 0 Å². The van der Waals surface area contributed by atoms with Crippen molar-refractivity contribution in [2.45, 2.75) is 12.8 Å². The fourth-order valence-corrected chi connectivity index (χ4v) is 3.87. The van der Waals surface area contributed by atoms with Gasteiger partial charge in [0.2, 0.25) is 11.6 Å². The van der Waals surface area contributed by atoms with Crippen LogP contribution >= 0.6 is 12.2 Å². The van der Waals surface area contributed by atoms with Crippen LogP contribution in [0.15, 0.2) is 30.3 Å². The van der Waals surface area contributed by atoms with E-state index in [1.807, 2.05) is 24.3 Å². The molecule has 0 unspecified atom stereocenters. The summed E-state index contributed by atoms with van der Waals surface area (Å²) in [6.45, 7) is 0. The smallest absolute Gasteiger partial charge is 0.263 e. The van der Waals surface area contributed by atoms with E-state index in [1.165, 1.54) is 11.1 Å². The second kappa shape index (κ2) is 7.56. The van der Waals surface area contributed by atoms with E-state index in [9.17, 15) is 22.4 Å². The first kappa shape index (κ1) is 20.1. The Bertz CT molecular complexity index is 1190. The van der Waals surface area contributed by atoms with Crippen molar-refractivity contribution < 1.29 is 27.1 Å². The molecule has 0 fully saturated rings. The molecule has 0 aromatic heterocycles. The Morgan fingerprint density at radius 2 is 1.60 bits per heavy atom. The summed E-state index contributed by atoms with van der Waals surface area (Å²) in [6.07, 6.45) is 1.84. The van der Waals surface area contributed by atoms with Crippen molar-refractivity contribution in [2.75, 3.05) is 12.4 Å². The third-order valence-electron chi connectivity index (χ3n) is 5.01. The van der Waals surface area contributed by atoms with Crippen molar-refractivity contribution in [1.29, 1.82) is 0 Å². The third kappa shape index (κ3) is 3.15. The number of methoxy groups -OCH3 is 1. The molecule has 0 atom stereocenters. The quantitative estimate of drug-likeness (QED) is 0.359. The Labute approximate surface area is 173 Å². The highest BCUT2D eigenvalue weighted by atomic mass is 32.1. The van der Waals surface area contributed by atoms with Gasteiger partial charge < -0.3 is 10.1 Å². The fourth-order valence-electron chi connectivity index (χ4n) is 3.67. The molecule has 4 rings (SSSR count). The Balaban J connectivity index is 1.61. The predicted octanol–water partition coefficient (Wildman–Crippen LogP) is 4.63. The van der Waals surface area contributed by atoms with E-state index in [-0.39, 0.29) is 5.11 Å². The van der Waals surface area contributed by atoms with Crippen LogP contribution in [0, 0.1) is 23.3 Å². The first-order chi connectivity index (χ1) is 14.3. The van der Waals surface area contributed by atoms with E-state index in [4.69, 9.17) is 12.2 Å². The first-order valence-electron chi connectivity index (χ1n) is 8.89. The largest absolute Gasteiger partial charge is 0.491 e. The van der Waals surface area contributed by atoms with E-state index in [1.54, 1.807) is 6.07 Å². The number of anilines is 1. The van der Waals surface area contributed by atoms with Gasteiger partial charge in [-0.3, -0.25) is 10.1 Å². The number of carbonyl (C=O) groups is 1. The van der Waals surface area contributed by atoms with E-state index >= 15 is 0 Å². The average Bonchev–Trinajstić information content (AvgIpc) is 3.14. The number of aryl methyl sites for hydroxylation is 2. The molecule has 3 aromatic rings. The lowest BCUT2D eigenvalue weighted by molar-refractivity contribution is 0.0966. The second-order valence-electron chi connectivity index (χ2n) is 6.68. The van der Waals surface area contributed by atoms with Gasteiger partial charge in [0.25, 0.3) is 5.91 Å². The summed E-state index contributed by atoms with van der Waals surface area (Å²) in [5, 5.41) is 6.54. The number of carbonyl (C=O) groups excluding carboxylic acids is 1. The van der Waals surface area contributed by atoms with E-state index in [2.05, 4.69) is 15.4 Å². The van der Waals surface area contributed by atoms with E-state index in [0.717, 1.165) is 30.7 Å². The van der Waals surface area contributed by atoms with Gasteiger partial charge in [0.05, 0.1) is 7.11 Å². The highest BCUT2D eigenvalue weighted by molar-refractivity contribution is 7.80. The molecule has 1 aliphatic rings. The number of ether oxygens (including phenoxy) is 1. The van der Waals surface area contributed by atoms with Gasteiger partial charge in [-0.15, -0.1) is 0 Å². The summed E-state index contributed by atoms with van der Waals surface area (Å²) in [6, 6.07) is 9.51. The van der Waals surface area contributed by atoms with Gasteiger partial charge in [0, 0.05) is 11.1 Å². The minimum absolute atomic E-state index is 0.283. The maximum absolute atomic E-state index is 14.1. The molecule has 3 aromatic carbocycles. The lowest BCUT2D eigenvalue weighted by Crippen LogP contribution is -2.35. The number of hydrogen-bond acceptors (Lipinski definition) is 3. The molecule has 0 saturated carbocycles. The van der Waals surface area contributed by atoms with Crippen LogP contribution in [0.5, 0.6) is 5.75 Å². The highest BCUT2D eigenvalue weighted by Crippen LogP contribution is 2.35. The molecule has 4 nitrogen and oxygen atoms in total. The third-order valence-corrected chi connectivity index (χ3v) is 5.21. The zero-order chi connectivity index (χ0) is 21.6. The molecular weight excluding hydrogens is 420 g/mol. The summed E-state index contributed by atoms with van der Waals surface area (Å²) in [5.74, 6) is -10.1. The Morgan fingerprint density at radius 1 is 0.967 bits per heavy atom. The van der Waals surface area contributed by atoms with Crippen molar-refractivity contribution in [2.24, 2.45) is 0 Å². The van der Waals surface area contributed by atoms with Crippen molar-refractivity contribution in [3.05, 3.63) is 70.3 Å². The molecule has 154 valence electrons. The zero-order valence-corrected chi connectivity index (χ0v) is 16.4. The van der Waals surface area contributed by atoms with Gasteiger partial charge in [-0.2, -0.15) is 8.78 Å². The number of halogens is 4. The summed E-state index contributed by atoms with van der Waals surface area (Å²) < 4.78 is 60.3. The molecule has 0 radical (unpaired) electrons. The number of benzene rings is 3. The maximum atomic E-state index is 14.1. The molecule has 0 aliphatic heterocycles. The number of nitrogens with one attached hydrogen (secondary N) is 2. The van der Waals surface area contributed by atoms with Crippen LogP contribution in [0.4, 0.5) is 23.2 Å². The summed E-state index contributed by atoms with van der Waals surface area (Å²) in [5.41, 5.74) is 1.52. The molecule has 0 saturated heterocycles. The Kier molecular flexibility index (Phi) is 5.07. The lowest BCUT2D eigenvalue weighted by Gasteiger charge is -2.14. The fraction of sp³-hybridized carbons (Fsp3) is 0.143. The molecule has 0 bridgehead atoms. The predicted molar refractivity (Wildman–Crippen MR) is 108 cm³/mol. The van der Waals surface area contributed by atoms with Crippen LogP contribution in [-0.2, 0) is 12.8 Å². The molecule has 1 aliphatic carbocycles. The van der Waals surface area contributed by atoms with Crippen molar-refractivity contribution in [3.63, 3.8) is 0 Å². The van der Waals surface area contributed by atoms with Crippen LogP contribution in [0.25, 0.3) is 10.8 Å². The molecule has 0 spiro atoms. The Morgan fingerprint density at radius 3 is 2.23 bits per heavy atom. The molecule has 0 heterocycles.